The van der Waals surface area contributed by atoms with E-state index in [0.717, 1.165) is 12.5 Å². The predicted molar refractivity (Wildman–Crippen MR) is 65.9 cm³/mol. The molecule has 0 bridgehead atoms. The largest absolute Gasteiger partial charge is 0.378 e. The zero-order valence-corrected chi connectivity index (χ0v) is 10.3. The maximum atomic E-state index is 5.77. The average molecular weight is 226 g/mol. The third-order valence-corrected chi connectivity index (χ3v) is 4.26. The van der Waals surface area contributed by atoms with Crippen LogP contribution in [0.1, 0.15) is 57.8 Å². The van der Waals surface area contributed by atoms with Crippen molar-refractivity contribution in [2.45, 2.75) is 69.9 Å². The van der Waals surface area contributed by atoms with Crippen LogP contribution in [-0.4, -0.2) is 18.8 Å². The second-order valence-corrected chi connectivity index (χ2v) is 5.38. The van der Waals surface area contributed by atoms with E-state index in [1.165, 1.54) is 57.8 Å². The lowest BCUT2D eigenvalue weighted by atomic mass is 9.92. The number of rotatable bonds is 5. The van der Waals surface area contributed by atoms with Crippen LogP contribution in [0.4, 0.5) is 0 Å². The minimum atomic E-state index is 0.506. The summed E-state index contributed by atoms with van der Waals surface area (Å²) in [5.41, 5.74) is 3.03. The molecule has 0 spiro atoms. The Morgan fingerprint density at radius 1 is 1.12 bits per heavy atom. The minimum absolute atomic E-state index is 0.506. The monoisotopic (exact) mass is 226 g/mol. The molecule has 1 saturated carbocycles. The number of hydrogen-bond donors (Lipinski definition) is 2. The molecule has 1 aliphatic heterocycles. The Bertz CT molecular complexity index is 186. The summed E-state index contributed by atoms with van der Waals surface area (Å²) in [7, 11) is 0. The molecular weight excluding hydrogens is 200 g/mol. The van der Waals surface area contributed by atoms with Crippen molar-refractivity contribution in [3.63, 3.8) is 0 Å². The second kappa shape index (κ2) is 6.58. The highest BCUT2D eigenvalue weighted by Gasteiger charge is 2.25. The first-order chi connectivity index (χ1) is 7.90. The molecule has 3 heteroatoms. The van der Waals surface area contributed by atoms with Crippen molar-refractivity contribution in [3.8, 4) is 0 Å². The predicted octanol–water partition coefficient (Wildman–Crippen LogP) is 2.36. The molecule has 1 aliphatic carbocycles. The van der Waals surface area contributed by atoms with Crippen molar-refractivity contribution >= 4 is 0 Å². The van der Waals surface area contributed by atoms with E-state index in [-0.39, 0.29) is 0 Å². The molecule has 2 rings (SSSR count). The second-order valence-electron chi connectivity index (χ2n) is 5.38. The van der Waals surface area contributed by atoms with Crippen LogP contribution in [0.2, 0.25) is 0 Å². The van der Waals surface area contributed by atoms with Gasteiger partial charge in [-0.2, -0.15) is 0 Å². The van der Waals surface area contributed by atoms with E-state index >= 15 is 0 Å². The van der Waals surface area contributed by atoms with Crippen molar-refractivity contribution in [1.82, 2.24) is 5.43 Å². The van der Waals surface area contributed by atoms with Crippen LogP contribution in [0, 0.1) is 5.92 Å². The van der Waals surface area contributed by atoms with Gasteiger partial charge >= 0.3 is 0 Å². The first-order valence-corrected chi connectivity index (χ1v) is 6.98. The van der Waals surface area contributed by atoms with Gasteiger partial charge in [0, 0.05) is 12.6 Å². The SMILES string of the molecule is NNC(CCC1CCCCO1)C1CCCC1. The number of nitrogens with one attached hydrogen (secondary N) is 1. The number of ether oxygens (including phenoxy) is 1. The smallest absolute Gasteiger partial charge is 0.0575 e. The van der Waals surface area contributed by atoms with Gasteiger partial charge in [0.1, 0.15) is 0 Å². The molecule has 0 amide bonds. The molecule has 94 valence electrons. The van der Waals surface area contributed by atoms with Crippen LogP contribution in [0.15, 0.2) is 0 Å². The van der Waals surface area contributed by atoms with E-state index in [1.54, 1.807) is 0 Å². The molecule has 3 N–H and O–H groups in total. The number of hydrazine groups is 1. The lowest BCUT2D eigenvalue weighted by Crippen LogP contribution is -2.40. The summed E-state index contributed by atoms with van der Waals surface area (Å²) in [6, 6.07) is 0.521. The third kappa shape index (κ3) is 3.44. The van der Waals surface area contributed by atoms with Gasteiger partial charge in [0.05, 0.1) is 6.10 Å². The molecule has 2 aliphatic rings. The Morgan fingerprint density at radius 3 is 2.50 bits per heavy atom. The van der Waals surface area contributed by atoms with Crippen LogP contribution >= 0.6 is 0 Å². The molecule has 0 aromatic rings. The highest BCUT2D eigenvalue weighted by Crippen LogP contribution is 2.30. The summed E-state index contributed by atoms with van der Waals surface area (Å²) < 4.78 is 5.77. The molecule has 0 aromatic carbocycles. The molecule has 0 aromatic heterocycles. The van der Waals surface area contributed by atoms with Crippen molar-refractivity contribution in [2.24, 2.45) is 11.8 Å². The molecule has 2 fully saturated rings. The van der Waals surface area contributed by atoms with E-state index in [9.17, 15) is 0 Å². The lowest BCUT2D eigenvalue weighted by molar-refractivity contribution is 0.00752. The molecule has 1 saturated heterocycles. The number of hydrogen-bond acceptors (Lipinski definition) is 3. The summed E-state index contributed by atoms with van der Waals surface area (Å²) in [5, 5.41) is 0. The number of nitrogens with two attached hydrogens (primary N) is 1. The molecule has 16 heavy (non-hydrogen) atoms. The molecule has 1 heterocycles. The standard InChI is InChI=1S/C13H26N2O/c14-15-13(11-5-1-2-6-11)9-8-12-7-3-4-10-16-12/h11-13,15H,1-10,14H2. The van der Waals surface area contributed by atoms with E-state index in [1.807, 2.05) is 0 Å². The van der Waals surface area contributed by atoms with Gasteiger partial charge in [0.25, 0.3) is 0 Å². The molecule has 2 atom stereocenters. The Labute approximate surface area is 99.1 Å². The Kier molecular flexibility index (Phi) is 5.07. The van der Waals surface area contributed by atoms with Crippen LogP contribution in [0.3, 0.4) is 0 Å². The Balaban J connectivity index is 1.69. The zero-order chi connectivity index (χ0) is 11.2. The molecule has 3 nitrogen and oxygen atoms in total. The van der Waals surface area contributed by atoms with Gasteiger partial charge in [-0.15, -0.1) is 0 Å². The molecule has 0 radical (unpaired) electrons. The van der Waals surface area contributed by atoms with Gasteiger partial charge in [0.15, 0.2) is 0 Å². The van der Waals surface area contributed by atoms with Crippen molar-refractivity contribution < 1.29 is 4.74 Å². The first-order valence-electron chi connectivity index (χ1n) is 6.98. The van der Waals surface area contributed by atoms with E-state index < -0.39 is 0 Å². The molecule has 2 unspecified atom stereocenters. The van der Waals surface area contributed by atoms with Gasteiger partial charge in [-0.25, -0.2) is 0 Å². The minimum Gasteiger partial charge on any atom is -0.378 e. The van der Waals surface area contributed by atoms with E-state index in [2.05, 4.69) is 5.43 Å². The maximum absolute atomic E-state index is 5.77. The fraction of sp³-hybridized carbons (Fsp3) is 1.00. The van der Waals surface area contributed by atoms with Crippen molar-refractivity contribution in [1.29, 1.82) is 0 Å². The maximum Gasteiger partial charge on any atom is 0.0575 e. The topological polar surface area (TPSA) is 47.3 Å². The summed E-state index contributed by atoms with van der Waals surface area (Å²) in [5.74, 6) is 6.49. The van der Waals surface area contributed by atoms with Crippen LogP contribution in [-0.2, 0) is 4.74 Å². The van der Waals surface area contributed by atoms with E-state index in [0.29, 0.717) is 12.1 Å². The quantitative estimate of drug-likeness (QED) is 0.559. The highest BCUT2D eigenvalue weighted by atomic mass is 16.5. The van der Waals surface area contributed by atoms with Gasteiger partial charge in [-0.05, 0) is 50.9 Å². The summed E-state index contributed by atoms with van der Waals surface area (Å²) in [6.45, 7) is 0.967. The summed E-state index contributed by atoms with van der Waals surface area (Å²) >= 11 is 0. The first kappa shape index (κ1) is 12.3. The van der Waals surface area contributed by atoms with Gasteiger partial charge in [0.2, 0.25) is 0 Å². The van der Waals surface area contributed by atoms with E-state index in [4.69, 9.17) is 10.6 Å². The fourth-order valence-corrected chi connectivity index (χ4v) is 3.22. The van der Waals surface area contributed by atoms with Gasteiger partial charge < -0.3 is 4.74 Å². The van der Waals surface area contributed by atoms with Gasteiger partial charge in [-0.3, -0.25) is 11.3 Å². The Morgan fingerprint density at radius 2 is 1.88 bits per heavy atom. The highest BCUT2D eigenvalue weighted by molar-refractivity contribution is 4.80. The summed E-state index contributed by atoms with van der Waals surface area (Å²) in [6.07, 6.45) is 12.2. The van der Waals surface area contributed by atoms with Crippen molar-refractivity contribution in [3.05, 3.63) is 0 Å². The van der Waals surface area contributed by atoms with Crippen LogP contribution in [0.25, 0.3) is 0 Å². The normalized spacial score (nSPS) is 29.4. The van der Waals surface area contributed by atoms with Crippen molar-refractivity contribution in [2.75, 3.05) is 6.61 Å². The lowest BCUT2D eigenvalue weighted by Gasteiger charge is -2.27. The molecular formula is C13H26N2O. The van der Waals surface area contributed by atoms with Crippen LogP contribution in [0.5, 0.6) is 0 Å². The summed E-state index contributed by atoms with van der Waals surface area (Å²) in [4.78, 5) is 0. The van der Waals surface area contributed by atoms with Gasteiger partial charge in [-0.1, -0.05) is 12.8 Å². The van der Waals surface area contributed by atoms with Crippen LogP contribution < -0.4 is 11.3 Å². The Hall–Kier alpha value is -0.120. The average Bonchev–Trinajstić information content (AvgIpc) is 2.85. The fourth-order valence-electron chi connectivity index (χ4n) is 3.22. The third-order valence-electron chi connectivity index (χ3n) is 4.26. The zero-order valence-electron chi connectivity index (χ0n) is 10.3.